The van der Waals surface area contributed by atoms with E-state index in [-0.39, 0.29) is 0 Å². The molecule has 0 N–H and O–H groups in total. The van der Waals surface area contributed by atoms with E-state index in [1.807, 2.05) is 0 Å². The summed E-state index contributed by atoms with van der Waals surface area (Å²) in [5.74, 6) is 2.98. The maximum atomic E-state index is 12.3. The third-order valence-electron chi connectivity index (χ3n) is 4.34. The third kappa shape index (κ3) is 5.54. The molecule has 1 heteroatoms. The number of hydrogen-bond acceptors (Lipinski definition) is 1. The van der Waals surface area contributed by atoms with Crippen LogP contribution in [0.2, 0.25) is 0 Å². The summed E-state index contributed by atoms with van der Waals surface area (Å²) < 4.78 is 0. The number of carbonyl (C=O) groups excluding carboxylic acids is 1. The third-order valence-corrected chi connectivity index (χ3v) is 4.34. The van der Waals surface area contributed by atoms with Crippen LogP contribution in [0.25, 0.3) is 0 Å². The predicted molar refractivity (Wildman–Crippen MR) is 78.6 cm³/mol. The van der Waals surface area contributed by atoms with Gasteiger partial charge in [0.2, 0.25) is 0 Å². The first-order chi connectivity index (χ1) is 8.50. The summed E-state index contributed by atoms with van der Waals surface area (Å²) in [6, 6.07) is 0. The monoisotopic (exact) mass is 252 g/mol. The number of hydrogen-bond donors (Lipinski definition) is 0. The van der Waals surface area contributed by atoms with Gasteiger partial charge in [-0.15, -0.1) is 0 Å². The molecule has 1 saturated carbocycles. The van der Waals surface area contributed by atoms with Crippen LogP contribution in [0, 0.1) is 23.7 Å². The smallest absolute Gasteiger partial charge is 0.139 e. The predicted octanol–water partition coefficient (Wildman–Crippen LogP) is 5.23. The average molecular weight is 252 g/mol. The van der Waals surface area contributed by atoms with Gasteiger partial charge >= 0.3 is 0 Å². The number of Topliss-reactive ketones (excluding diaryl/α,β-unsaturated/α-hetero) is 1. The molecular weight excluding hydrogens is 220 g/mol. The van der Waals surface area contributed by atoms with Crippen molar-refractivity contribution in [2.24, 2.45) is 23.7 Å². The summed E-state index contributed by atoms with van der Waals surface area (Å²) >= 11 is 0. The van der Waals surface area contributed by atoms with Crippen LogP contribution in [0.4, 0.5) is 0 Å². The molecule has 2 unspecified atom stereocenters. The van der Waals surface area contributed by atoms with Crippen molar-refractivity contribution >= 4 is 5.78 Å². The van der Waals surface area contributed by atoms with E-state index in [0.717, 1.165) is 24.7 Å². The highest BCUT2D eigenvalue weighted by Crippen LogP contribution is 2.34. The minimum atomic E-state index is 0.410. The molecule has 0 bridgehead atoms. The van der Waals surface area contributed by atoms with Crippen LogP contribution in [0.3, 0.4) is 0 Å². The summed E-state index contributed by atoms with van der Waals surface area (Å²) in [5, 5.41) is 0. The largest absolute Gasteiger partial charge is 0.299 e. The van der Waals surface area contributed by atoms with Crippen molar-refractivity contribution in [1.29, 1.82) is 0 Å². The molecule has 0 radical (unpaired) electrons. The van der Waals surface area contributed by atoms with Crippen molar-refractivity contribution in [2.45, 2.75) is 79.1 Å². The molecule has 0 amide bonds. The van der Waals surface area contributed by atoms with Crippen molar-refractivity contribution in [3.8, 4) is 0 Å². The molecule has 0 aliphatic heterocycles. The van der Waals surface area contributed by atoms with E-state index in [0.29, 0.717) is 17.6 Å². The Balaban J connectivity index is 2.20. The Labute approximate surface area is 114 Å². The van der Waals surface area contributed by atoms with Crippen molar-refractivity contribution in [2.75, 3.05) is 0 Å². The zero-order chi connectivity index (χ0) is 13.5. The fourth-order valence-electron chi connectivity index (χ4n) is 3.14. The fourth-order valence-corrected chi connectivity index (χ4v) is 3.14. The quantitative estimate of drug-likeness (QED) is 0.578. The van der Waals surface area contributed by atoms with Crippen molar-refractivity contribution < 1.29 is 4.79 Å². The van der Waals surface area contributed by atoms with E-state index in [1.165, 1.54) is 38.5 Å². The highest BCUT2D eigenvalue weighted by atomic mass is 16.1. The maximum Gasteiger partial charge on any atom is 0.139 e. The normalized spacial score (nSPS) is 24.4. The zero-order valence-corrected chi connectivity index (χ0v) is 12.9. The van der Waals surface area contributed by atoms with Crippen molar-refractivity contribution in [3.63, 3.8) is 0 Å². The van der Waals surface area contributed by atoms with Gasteiger partial charge in [0.15, 0.2) is 0 Å². The standard InChI is InChI=1S/C17H32O/c1-13(2)7-5-9-15-11-12-16(17(15)18)10-6-8-14(3)4/h13-16H,5-12H2,1-4H3. The molecule has 0 aromatic heterocycles. The maximum absolute atomic E-state index is 12.3. The van der Waals surface area contributed by atoms with E-state index < -0.39 is 0 Å². The van der Waals surface area contributed by atoms with E-state index in [4.69, 9.17) is 0 Å². The first-order valence-electron chi connectivity index (χ1n) is 8.04. The number of ketones is 1. The van der Waals surface area contributed by atoms with Crippen LogP contribution < -0.4 is 0 Å². The Kier molecular flexibility index (Phi) is 6.96. The highest BCUT2D eigenvalue weighted by molar-refractivity contribution is 5.85. The van der Waals surface area contributed by atoms with Gasteiger partial charge in [-0.3, -0.25) is 4.79 Å². The van der Waals surface area contributed by atoms with Gasteiger partial charge in [0.25, 0.3) is 0 Å². The second-order valence-electron chi connectivity index (χ2n) is 7.02. The molecule has 1 aliphatic rings. The molecule has 1 rings (SSSR count). The minimum Gasteiger partial charge on any atom is -0.299 e. The molecule has 0 saturated heterocycles. The molecule has 2 atom stereocenters. The minimum absolute atomic E-state index is 0.410. The Hall–Kier alpha value is -0.330. The summed E-state index contributed by atoms with van der Waals surface area (Å²) in [5.41, 5.74) is 0. The fraction of sp³-hybridized carbons (Fsp3) is 0.941. The van der Waals surface area contributed by atoms with Gasteiger partial charge in [0, 0.05) is 11.8 Å². The molecule has 0 heterocycles. The lowest BCUT2D eigenvalue weighted by molar-refractivity contribution is -0.124. The first kappa shape index (κ1) is 15.7. The molecule has 0 spiro atoms. The molecule has 18 heavy (non-hydrogen) atoms. The van der Waals surface area contributed by atoms with Gasteiger partial charge in [-0.1, -0.05) is 53.4 Å². The SMILES string of the molecule is CC(C)CCCC1CCC(CCCC(C)C)C1=O. The lowest BCUT2D eigenvalue weighted by atomic mass is 9.92. The summed E-state index contributed by atoms with van der Waals surface area (Å²) in [7, 11) is 0. The zero-order valence-electron chi connectivity index (χ0n) is 12.9. The first-order valence-corrected chi connectivity index (χ1v) is 8.04. The molecular formula is C17H32O. The molecule has 0 aromatic carbocycles. The highest BCUT2D eigenvalue weighted by Gasteiger charge is 2.32. The lowest BCUT2D eigenvalue weighted by Crippen LogP contribution is -2.14. The number of rotatable bonds is 8. The second kappa shape index (κ2) is 7.96. The van der Waals surface area contributed by atoms with E-state index in [9.17, 15) is 4.79 Å². The molecule has 106 valence electrons. The molecule has 0 aromatic rings. The summed E-state index contributed by atoms with van der Waals surface area (Å²) in [6.45, 7) is 9.08. The molecule has 1 fully saturated rings. The van der Waals surface area contributed by atoms with Crippen molar-refractivity contribution in [1.82, 2.24) is 0 Å². The Morgan fingerprint density at radius 3 is 1.61 bits per heavy atom. The number of carbonyl (C=O) groups is 1. The van der Waals surface area contributed by atoms with Crippen LogP contribution in [0.5, 0.6) is 0 Å². The van der Waals surface area contributed by atoms with Gasteiger partial charge in [-0.05, 0) is 37.5 Å². The van der Waals surface area contributed by atoms with Crippen LogP contribution in [-0.2, 0) is 4.79 Å². The van der Waals surface area contributed by atoms with E-state index in [2.05, 4.69) is 27.7 Å². The topological polar surface area (TPSA) is 17.1 Å². The molecule has 1 aliphatic carbocycles. The van der Waals surface area contributed by atoms with Gasteiger partial charge in [0.05, 0.1) is 0 Å². The van der Waals surface area contributed by atoms with Crippen molar-refractivity contribution in [3.05, 3.63) is 0 Å². The molecule has 1 nitrogen and oxygen atoms in total. The Morgan fingerprint density at radius 1 is 0.889 bits per heavy atom. The van der Waals surface area contributed by atoms with E-state index in [1.54, 1.807) is 0 Å². The Bertz CT molecular complexity index is 218. The summed E-state index contributed by atoms with van der Waals surface area (Å²) in [4.78, 5) is 12.3. The lowest BCUT2D eigenvalue weighted by Gasteiger charge is -2.12. The summed E-state index contributed by atoms with van der Waals surface area (Å²) in [6.07, 6.45) is 9.69. The van der Waals surface area contributed by atoms with Gasteiger partial charge in [-0.25, -0.2) is 0 Å². The Morgan fingerprint density at radius 2 is 1.28 bits per heavy atom. The van der Waals surface area contributed by atoms with Gasteiger partial charge in [0.1, 0.15) is 5.78 Å². The van der Waals surface area contributed by atoms with Crippen LogP contribution in [-0.4, -0.2) is 5.78 Å². The van der Waals surface area contributed by atoms with Crippen LogP contribution in [0.1, 0.15) is 79.1 Å². The van der Waals surface area contributed by atoms with E-state index >= 15 is 0 Å². The average Bonchev–Trinajstić information content (AvgIpc) is 2.60. The van der Waals surface area contributed by atoms with Gasteiger partial charge in [-0.2, -0.15) is 0 Å². The van der Waals surface area contributed by atoms with Crippen LogP contribution >= 0.6 is 0 Å². The second-order valence-corrected chi connectivity index (χ2v) is 7.02. The van der Waals surface area contributed by atoms with Crippen LogP contribution in [0.15, 0.2) is 0 Å². The van der Waals surface area contributed by atoms with Gasteiger partial charge < -0.3 is 0 Å².